The van der Waals surface area contributed by atoms with E-state index in [0.29, 0.717) is 11.1 Å². The van der Waals surface area contributed by atoms with Gasteiger partial charge in [0.25, 0.3) is 0 Å². The molecule has 1 aliphatic carbocycles. The molecular formula is C14H17F3O. The van der Waals surface area contributed by atoms with Crippen LogP contribution in [0.25, 0.3) is 0 Å². The molecule has 1 aromatic carbocycles. The van der Waals surface area contributed by atoms with Gasteiger partial charge in [0, 0.05) is 0 Å². The van der Waals surface area contributed by atoms with Gasteiger partial charge < -0.3 is 5.11 Å². The molecule has 0 bridgehead atoms. The molecule has 100 valence electrons. The van der Waals surface area contributed by atoms with E-state index in [1.165, 1.54) is 6.07 Å². The quantitative estimate of drug-likeness (QED) is 0.841. The molecule has 2 rings (SSSR count). The molecule has 1 N–H and O–H groups in total. The van der Waals surface area contributed by atoms with E-state index >= 15 is 0 Å². The Morgan fingerprint density at radius 2 is 1.83 bits per heavy atom. The second-order valence-electron chi connectivity index (χ2n) is 5.06. The lowest BCUT2D eigenvalue weighted by Crippen LogP contribution is -2.12. The van der Waals surface area contributed by atoms with Crippen molar-refractivity contribution in [2.24, 2.45) is 5.92 Å². The smallest absolute Gasteiger partial charge is 0.388 e. The maximum atomic E-state index is 12.5. The molecule has 0 saturated heterocycles. The van der Waals surface area contributed by atoms with Gasteiger partial charge in [-0.3, -0.25) is 0 Å². The van der Waals surface area contributed by atoms with E-state index in [9.17, 15) is 18.3 Å². The number of benzene rings is 1. The van der Waals surface area contributed by atoms with Crippen molar-refractivity contribution in [3.05, 3.63) is 34.9 Å². The van der Waals surface area contributed by atoms with E-state index in [1.807, 2.05) is 0 Å². The zero-order valence-electron chi connectivity index (χ0n) is 10.3. The van der Waals surface area contributed by atoms with E-state index in [1.54, 1.807) is 6.92 Å². The van der Waals surface area contributed by atoms with Crippen LogP contribution < -0.4 is 0 Å². The number of hydrogen-bond acceptors (Lipinski definition) is 1. The first kappa shape index (κ1) is 13.4. The predicted octanol–water partition coefficient (Wildman–Crippen LogP) is 4.24. The highest BCUT2D eigenvalue weighted by atomic mass is 19.4. The van der Waals surface area contributed by atoms with E-state index in [4.69, 9.17) is 0 Å². The van der Waals surface area contributed by atoms with Crippen LogP contribution in [0.5, 0.6) is 0 Å². The Balaban J connectivity index is 2.24. The van der Waals surface area contributed by atoms with Crippen LogP contribution in [0.2, 0.25) is 0 Å². The molecule has 1 aliphatic rings. The molecule has 4 heteroatoms. The Hall–Kier alpha value is -1.03. The van der Waals surface area contributed by atoms with Crippen molar-refractivity contribution in [1.29, 1.82) is 0 Å². The predicted molar refractivity (Wildman–Crippen MR) is 63.1 cm³/mol. The number of hydrogen-bond donors (Lipinski definition) is 1. The average Bonchev–Trinajstić information content (AvgIpc) is 2.80. The third kappa shape index (κ3) is 2.69. The van der Waals surface area contributed by atoms with Crippen molar-refractivity contribution in [2.45, 2.75) is 44.9 Å². The van der Waals surface area contributed by atoms with E-state index in [0.717, 1.165) is 37.8 Å². The zero-order chi connectivity index (χ0) is 13.3. The highest BCUT2D eigenvalue weighted by Crippen LogP contribution is 2.38. The van der Waals surface area contributed by atoms with E-state index < -0.39 is 17.8 Å². The highest BCUT2D eigenvalue weighted by molar-refractivity contribution is 5.34. The lowest BCUT2D eigenvalue weighted by molar-refractivity contribution is -0.137. The summed E-state index contributed by atoms with van der Waals surface area (Å²) in [6.45, 7) is 1.63. The Morgan fingerprint density at radius 1 is 1.22 bits per heavy atom. The van der Waals surface area contributed by atoms with Crippen LogP contribution in [-0.2, 0) is 6.18 Å². The monoisotopic (exact) mass is 258 g/mol. The number of aliphatic hydroxyl groups is 1. The minimum absolute atomic E-state index is 0.195. The van der Waals surface area contributed by atoms with Gasteiger partial charge in [0.1, 0.15) is 0 Å². The van der Waals surface area contributed by atoms with Gasteiger partial charge in [-0.05, 0) is 48.9 Å². The van der Waals surface area contributed by atoms with Crippen molar-refractivity contribution in [1.82, 2.24) is 0 Å². The summed E-state index contributed by atoms with van der Waals surface area (Å²) < 4.78 is 37.6. The molecule has 0 amide bonds. The third-order valence-corrected chi connectivity index (χ3v) is 3.76. The number of aryl methyl sites for hydroxylation is 1. The first-order valence-electron chi connectivity index (χ1n) is 6.25. The van der Waals surface area contributed by atoms with Crippen LogP contribution in [0.15, 0.2) is 18.2 Å². The van der Waals surface area contributed by atoms with Gasteiger partial charge in [-0.15, -0.1) is 0 Å². The number of alkyl halides is 3. The van der Waals surface area contributed by atoms with Crippen molar-refractivity contribution in [3.8, 4) is 0 Å². The number of aliphatic hydroxyl groups excluding tert-OH is 1. The van der Waals surface area contributed by atoms with Gasteiger partial charge in [-0.2, -0.15) is 13.2 Å². The first-order valence-corrected chi connectivity index (χ1v) is 6.25. The lowest BCUT2D eigenvalue weighted by atomic mass is 9.91. The molecule has 1 atom stereocenters. The van der Waals surface area contributed by atoms with Crippen LogP contribution in [-0.4, -0.2) is 5.11 Å². The topological polar surface area (TPSA) is 20.2 Å². The summed E-state index contributed by atoms with van der Waals surface area (Å²) >= 11 is 0. The summed E-state index contributed by atoms with van der Waals surface area (Å²) in [5, 5.41) is 10.2. The van der Waals surface area contributed by atoms with Crippen LogP contribution in [0.4, 0.5) is 13.2 Å². The second-order valence-corrected chi connectivity index (χ2v) is 5.06. The van der Waals surface area contributed by atoms with Gasteiger partial charge in [0.15, 0.2) is 0 Å². The lowest BCUT2D eigenvalue weighted by Gasteiger charge is -2.21. The minimum atomic E-state index is -4.32. The average molecular weight is 258 g/mol. The maximum Gasteiger partial charge on any atom is 0.416 e. The van der Waals surface area contributed by atoms with Crippen LogP contribution in [0.1, 0.15) is 48.5 Å². The Morgan fingerprint density at radius 3 is 2.33 bits per heavy atom. The molecule has 0 radical (unpaired) electrons. The summed E-state index contributed by atoms with van der Waals surface area (Å²) in [6.07, 6.45) is -0.831. The van der Waals surface area contributed by atoms with Gasteiger partial charge in [-0.1, -0.05) is 18.9 Å². The molecule has 0 aliphatic heterocycles. The van der Waals surface area contributed by atoms with Gasteiger partial charge in [0.2, 0.25) is 0 Å². The molecule has 1 fully saturated rings. The molecule has 1 aromatic rings. The standard InChI is InChI=1S/C14H17F3O/c1-9-8-11(14(15,16)17)6-7-12(9)13(18)10-4-2-3-5-10/h6-8,10,13,18H,2-5H2,1H3. The Labute approximate surface area is 105 Å². The third-order valence-electron chi connectivity index (χ3n) is 3.76. The molecule has 1 saturated carbocycles. The summed E-state index contributed by atoms with van der Waals surface area (Å²) in [4.78, 5) is 0. The summed E-state index contributed by atoms with van der Waals surface area (Å²) in [7, 11) is 0. The number of halogens is 3. The normalized spacial score (nSPS) is 19.2. The fraction of sp³-hybridized carbons (Fsp3) is 0.571. The molecule has 1 unspecified atom stereocenters. The molecule has 0 heterocycles. The highest BCUT2D eigenvalue weighted by Gasteiger charge is 2.32. The molecule has 0 spiro atoms. The fourth-order valence-corrected chi connectivity index (χ4v) is 2.71. The van der Waals surface area contributed by atoms with Gasteiger partial charge in [0.05, 0.1) is 11.7 Å². The molecule has 18 heavy (non-hydrogen) atoms. The van der Waals surface area contributed by atoms with Crippen LogP contribution in [0.3, 0.4) is 0 Å². The van der Waals surface area contributed by atoms with Crippen molar-refractivity contribution < 1.29 is 18.3 Å². The van der Waals surface area contributed by atoms with E-state index in [-0.39, 0.29) is 5.92 Å². The maximum absolute atomic E-state index is 12.5. The Bertz CT molecular complexity index is 420. The fourth-order valence-electron chi connectivity index (χ4n) is 2.71. The molecule has 0 aromatic heterocycles. The molecule has 1 nitrogen and oxygen atoms in total. The van der Waals surface area contributed by atoms with Gasteiger partial charge >= 0.3 is 6.18 Å². The largest absolute Gasteiger partial charge is 0.416 e. The van der Waals surface area contributed by atoms with Crippen molar-refractivity contribution >= 4 is 0 Å². The number of rotatable bonds is 2. The minimum Gasteiger partial charge on any atom is -0.388 e. The summed E-state index contributed by atoms with van der Waals surface area (Å²) in [6, 6.07) is 3.59. The summed E-state index contributed by atoms with van der Waals surface area (Å²) in [5.41, 5.74) is 0.501. The summed E-state index contributed by atoms with van der Waals surface area (Å²) in [5.74, 6) is 0.195. The SMILES string of the molecule is Cc1cc(C(F)(F)F)ccc1C(O)C1CCCC1. The van der Waals surface area contributed by atoms with Gasteiger partial charge in [-0.25, -0.2) is 0 Å². The second kappa shape index (κ2) is 4.92. The van der Waals surface area contributed by atoms with Crippen molar-refractivity contribution in [2.75, 3.05) is 0 Å². The first-order chi connectivity index (χ1) is 8.39. The van der Waals surface area contributed by atoms with E-state index in [2.05, 4.69) is 0 Å². The van der Waals surface area contributed by atoms with Crippen molar-refractivity contribution in [3.63, 3.8) is 0 Å². The molecular weight excluding hydrogens is 241 g/mol. The Kier molecular flexibility index (Phi) is 3.66. The van der Waals surface area contributed by atoms with Crippen LogP contribution in [0, 0.1) is 12.8 Å². The van der Waals surface area contributed by atoms with Crippen LogP contribution >= 0.6 is 0 Å². The zero-order valence-corrected chi connectivity index (χ0v) is 10.3.